The first-order valence-electron chi connectivity index (χ1n) is 17.3. The van der Waals surface area contributed by atoms with Crippen LogP contribution in [0, 0.1) is 13.8 Å². The number of likely N-dealkylation sites (tertiary alicyclic amines) is 1. The highest BCUT2D eigenvalue weighted by Crippen LogP contribution is 2.26. The van der Waals surface area contributed by atoms with Gasteiger partial charge in [-0.05, 0) is 98.3 Å². The van der Waals surface area contributed by atoms with E-state index in [0.717, 1.165) is 72.7 Å². The molecule has 3 N–H and O–H groups in total. The van der Waals surface area contributed by atoms with E-state index in [9.17, 15) is 14.7 Å². The highest BCUT2D eigenvalue weighted by atomic mass is 16.3. The van der Waals surface area contributed by atoms with Gasteiger partial charge in [0.15, 0.2) is 0 Å². The minimum atomic E-state index is -0.211. The summed E-state index contributed by atoms with van der Waals surface area (Å²) in [6.45, 7) is 8.32. The van der Waals surface area contributed by atoms with Gasteiger partial charge in [0.1, 0.15) is 11.4 Å². The molecule has 1 saturated heterocycles. The van der Waals surface area contributed by atoms with Gasteiger partial charge in [-0.15, -0.1) is 0 Å². The van der Waals surface area contributed by atoms with Crippen molar-refractivity contribution in [3.8, 4) is 5.69 Å². The summed E-state index contributed by atoms with van der Waals surface area (Å²) in [5.41, 5.74) is 7.79. The predicted molar refractivity (Wildman–Crippen MR) is 193 cm³/mol. The standard InChI is InChI=1S/C39H43N7O4/c1-26-16-22-50-35(26)24-40-37(48)29-5-9-32(10-6-29)46-21-11-27(2)36(38(46)49)45-20-15-34-30(25-45)23-41-39(43-34)42-31-7-3-28(4-8-31)12-17-44-18-13-33(47)14-19-44/h3-11,16,21-23,33,47H,12-15,17-20,24-25H2,1-2H3,(H,40,48)(H,41,42,43). The smallest absolute Gasteiger partial charge is 0.278 e. The Morgan fingerprint density at radius 1 is 0.980 bits per heavy atom. The van der Waals surface area contributed by atoms with E-state index in [2.05, 4.69) is 49.7 Å². The molecule has 0 radical (unpaired) electrons. The Hall–Kier alpha value is -5.26. The van der Waals surface area contributed by atoms with Gasteiger partial charge in [0.05, 0.1) is 24.6 Å². The molecule has 50 heavy (non-hydrogen) atoms. The number of furan rings is 1. The van der Waals surface area contributed by atoms with E-state index < -0.39 is 0 Å². The third-order valence-corrected chi connectivity index (χ3v) is 9.79. The molecule has 1 amide bonds. The van der Waals surface area contributed by atoms with Crippen LogP contribution in [0.3, 0.4) is 0 Å². The summed E-state index contributed by atoms with van der Waals surface area (Å²) in [5, 5.41) is 16.0. The summed E-state index contributed by atoms with van der Waals surface area (Å²) in [5.74, 6) is 1.07. The zero-order valence-electron chi connectivity index (χ0n) is 28.6. The summed E-state index contributed by atoms with van der Waals surface area (Å²) in [4.78, 5) is 40.6. The largest absolute Gasteiger partial charge is 0.467 e. The van der Waals surface area contributed by atoms with Crippen molar-refractivity contribution >= 4 is 23.2 Å². The Labute approximate surface area is 291 Å². The molecule has 0 unspecified atom stereocenters. The monoisotopic (exact) mass is 673 g/mol. The number of aliphatic hydroxyl groups is 1. The van der Waals surface area contributed by atoms with Crippen LogP contribution in [0.5, 0.6) is 0 Å². The lowest BCUT2D eigenvalue weighted by molar-refractivity contribution is 0.0832. The quantitative estimate of drug-likeness (QED) is 0.186. The summed E-state index contributed by atoms with van der Waals surface area (Å²) in [7, 11) is 0. The van der Waals surface area contributed by atoms with Crippen LogP contribution in [0.2, 0.25) is 0 Å². The number of aryl methyl sites for hydroxylation is 2. The van der Waals surface area contributed by atoms with Crippen molar-refractivity contribution in [2.24, 2.45) is 0 Å². The first-order valence-corrected chi connectivity index (χ1v) is 17.3. The molecule has 11 nitrogen and oxygen atoms in total. The van der Waals surface area contributed by atoms with Crippen LogP contribution in [0.4, 0.5) is 17.3 Å². The number of hydrogen-bond acceptors (Lipinski definition) is 9. The van der Waals surface area contributed by atoms with E-state index in [0.29, 0.717) is 48.9 Å². The van der Waals surface area contributed by atoms with Crippen molar-refractivity contribution in [3.63, 3.8) is 0 Å². The fourth-order valence-corrected chi connectivity index (χ4v) is 6.71. The van der Waals surface area contributed by atoms with E-state index in [1.807, 2.05) is 32.2 Å². The van der Waals surface area contributed by atoms with Crippen LogP contribution in [-0.4, -0.2) is 62.7 Å². The van der Waals surface area contributed by atoms with Crippen molar-refractivity contribution in [3.05, 3.63) is 129 Å². The lowest BCUT2D eigenvalue weighted by Crippen LogP contribution is -2.37. The maximum Gasteiger partial charge on any atom is 0.278 e. The molecule has 0 atom stereocenters. The van der Waals surface area contributed by atoms with Gasteiger partial charge in [-0.25, -0.2) is 9.97 Å². The first kappa shape index (κ1) is 33.2. The van der Waals surface area contributed by atoms with Gasteiger partial charge in [-0.3, -0.25) is 14.2 Å². The number of aromatic nitrogens is 3. The number of piperidine rings is 1. The van der Waals surface area contributed by atoms with Crippen LogP contribution < -0.4 is 21.1 Å². The van der Waals surface area contributed by atoms with Gasteiger partial charge in [0.25, 0.3) is 11.5 Å². The fraction of sp³-hybridized carbons (Fsp3) is 0.333. The van der Waals surface area contributed by atoms with E-state index in [-0.39, 0.29) is 17.6 Å². The van der Waals surface area contributed by atoms with Gasteiger partial charge in [-0.1, -0.05) is 12.1 Å². The second kappa shape index (κ2) is 14.7. The van der Waals surface area contributed by atoms with Crippen molar-refractivity contribution in [2.45, 2.75) is 58.7 Å². The second-order valence-corrected chi connectivity index (χ2v) is 13.3. The third kappa shape index (κ3) is 7.49. The van der Waals surface area contributed by atoms with E-state index >= 15 is 0 Å². The molecule has 0 spiro atoms. The van der Waals surface area contributed by atoms with Gasteiger partial charge in [0, 0.05) is 74.0 Å². The van der Waals surface area contributed by atoms with Gasteiger partial charge in [0.2, 0.25) is 5.95 Å². The van der Waals surface area contributed by atoms with Crippen LogP contribution in [0.1, 0.15) is 56.9 Å². The SMILES string of the molecule is Cc1ccoc1CNC(=O)c1ccc(-n2ccc(C)c(N3CCc4nc(Nc5ccc(CCN6CCC(O)CC6)cc5)ncc4C3)c2=O)cc1. The number of amides is 1. The van der Waals surface area contributed by atoms with Gasteiger partial charge >= 0.3 is 0 Å². The van der Waals surface area contributed by atoms with Crippen molar-refractivity contribution in [2.75, 3.05) is 36.4 Å². The van der Waals surface area contributed by atoms with E-state index in [1.54, 1.807) is 41.3 Å². The minimum Gasteiger partial charge on any atom is -0.467 e. The summed E-state index contributed by atoms with van der Waals surface area (Å²) in [6.07, 6.45) is 8.49. The molecule has 2 aliphatic rings. The molecule has 258 valence electrons. The van der Waals surface area contributed by atoms with E-state index in [1.165, 1.54) is 5.56 Å². The molecule has 3 aromatic heterocycles. The number of benzene rings is 2. The molecule has 1 fully saturated rings. The van der Waals surface area contributed by atoms with Crippen molar-refractivity contribution in [1.29, 1.82) is 0 Å². The number of fused-ring (bicyclic) bond motifs is 1. The Balaban J connectivity index is 0.979. The average Bonchev–Trinajstić information content (AvgIpc) is 3.55. The number of anilines is 3. The Morgan fingerprint density at radius 2 is 1.76 bits per heavy atom. The van der Waals surface area contributed by atoms with E-state index in [4.69, 9.17) is 9.40 Å². The van der Waals surface area contributed by atoms with Crippen LogP contribution in [0.15, 0.2) is 88.5 Å². The highest BCUT2D eigenvalue weighted by molar-refractivity contribution is 5.94. The molecule has 0 aliphatic carbocycles. The molecule has 11 heteroatoms. The second-order valence-electron chi connectivity index (χ2n) is 13.3. The van der Waals surface area contributed by atoms with Gasteiger partial charge < -0.3 is 30.0 Å². The Kier molecular flexibility index (Phi) is 9.77. The molecular formula is C39H43N7O4. The number of hydrogen-bond donors (Lipinski definition) is 3. The molecule has 2 aliphatic heterocycles. The summed E-state index contributed by atoms with van der Waals surface area (Å²) in [6, 6.07) is 19.3. The highest BCUT2D eigenvalue weighted by Gasteiger charge is 2.23. The molecule has 7 rings (SSSR count). The molecule has 0 saturated carbocycles. The Morgan fingerprint density at radius 3 is 2.50 bits per heavy atom. The van der Waals surface area contributed by atoms with Crippen molar-refractivity contribution < 1.29 is 14.3 Å². The summed E-state index contributed by atoms with van der Waals surface area (Å²) >= 11 is 0. The number of aliphatic hydroxyl groups excluding tert-OH is 1. The lowest BCUT2D eigenvalue weighted by atomic mass is 10.1. The molecule has 5 heterocycles. The average molecular weight is 674 g/mol. The zero-order valence-corrected chi connectivity index (χ0v) is 28.6. The number of nitrogens with zero attached hydrogens (tertiary/aromatic N) is 5. The molecule has 0 bridgehead atoms. The maximum atomic E-state index is 13.9. The topological polar surface area (TPSA) is 129 Å². The van der Waals surface area contributed by atoms with Gasteiger partial charge in [-0.2, -0.15) is 0 Å². The molecular weight excluding hydrogens is 630 g/mol. The van der Waals surface area contributed by atoms with Crippen LogP contribution >= 0.6 is 0 Å². The number of carbonyl (C=O) groups is 1. The Bertz CT molecular complexity index is 2010. The minimum absolute atomic E-state index is 0.115. The predicted octanol–water partition coefficient (Wildman–Crippen LogP) is 5.07. The normalized spacial score (nSPS) is 15.1. The van der Waals surface area contributed by atoms with Crippen LogP contribution in [0.25, 0.3) is 5.69 Å². The third-order valence-electron chi connectivity index (χ3n) is 9.79. The first-order chi connectivity index (χ1) is 24.3. The van der Waals surface area contributed by atoms with Crippen LogP contribution in [-0.2, 0) is 25.9 Å². The summed E-state index contributed by atoms with van der Waals surface area (Å²) < 4.78 is 7.04. The molecule has 2 aromatic carbocycles. The maximum absolute atomic E-state index is 13.9. The number of nitrogens with one attached hydrogen (secondary N) is 2. The van der Waals surface area contributed by atoms with Crippen molar-refractivity contribution in [1.82, 2.24) is 24.8 Å². The number of rotatable bonds is 10. The number of pyridine rings is 1. The fourth-order valence-electron chi connectivity index (χ4n) is 6.71. The zero-order chi connectivity index (χ0) is 34.6. The molecule has 5 aromatic rings. The number of carbonyl (C=O) groups excluding carboxylic acids is 1. The lowest BCUT2D eigenvalue weighted by Gasteiger charge is -2.31.